The van der Waals surface area contributed by atoms with Crippen LogP contribution in [0.15, 0.2) is 212 Å². The summed E-state index contributed by atoms with van der Waals surface area (Å²) in [5.41, 5.74) is 23.8. The van der Waals surface area contributed by atoms with Crippen molar-refractivity contribution in [2.45, 2.75) is 24.7 Å². The van der Waals surface area contributed by atoms with Crippen molar-refractivity contribution in [3.05, 3.63) is 246 Å². The maximum absolute atomic E-state index is 2.49. The Morgan fingerprint density at radius 1 is 0.271 bits per heavy atom. The van der Waals surface area contributed by atoms with Crippen LogP contribution in [-0.2, 0) is 10.8 Å². The molecule has 0 saturated heterocycles. The van der Waals surface area contributed by atoms with Gasteiger partial charge < -0.3 is 4.90 Å². The molecule has 0 aliphatic heterocycles. The molecule has 1 nitrogen and oxygen atoms in total. The third-order valence-corrected chi connectivity index (χ3v) is 13.5. The van der Waals surface area contributed by atoms with Crippen LogP contribution in [0.1, 0.15) is 47.2 Å². The normalized spacial score (nSPS) is 14.2. The van der Waals surface area contributed by atoms with Crippen LogP contribution in [0.3, 0.4) is 0 Å². The first kappa shape index (κ1) is 33.9. The van der Waals surface area contributed by atoms with Crippen LogP contribution >= 0.6 is 0 Å². The molecule has 0 amide bonds. The van der Waals surface area contributed by atoms with E-state index in [4.69, 9.17) is 0 Å². The van der Waals surface area contributed by atoms with Gasteiger partial charge in [0.05, 0.1) is 5.41 Å². The lowest BCUT2D eigenvalue weighted by Crippen LogP contribution is -2.26. The second-order valence-electron chi connectivity index (χ2n) is 16.8. The van der Waals surface area contributed by atoms with Gasteiger partial charge in [-0.3, -0.25) is 0 Å². The number of rotatable bonds is 5. The molecule has 59 heavy (non-hydrogen) atoms. The van der Waals surface area contributed by atoms with Crippen LogP contribution in [-0.4, -0.2) is 0 Å². The summed E-state index contributed by atoms with van der Waals surface area (Å²) in [4.78, 5) is 2.45. The Kier molecular flexibility index (Phi) is 7.26. The highest BCUT2D eigenvalue weighted by molar-refractivity contribution is 5.96. The molecule has 278 valence electrons. The SMILES string of the molecule is CC1(C)c2ccccc2-c2ccc(-c3cccc(N(c4ccc(-c5ccccc5)cc4)c4ccc5c(c4)C4(c6ccccc6-c6ccccc64)c4ccccc4-5)c3)cc21. The van der Waals surface area contributed by atoms with Crippen molar-refractivity contribution in [2.24, 2.45) is 0 Å². The highest BCUT2D eigenvalue weighted by Gasteiger charge is 2.51. The van der Waals surface area contributed by atoms with E-state index < -0.39 is 5.41 Å². The smallest absolute Gasteiger partial charge is 0.0726 e. The Hall–Kier alpha value is -7.22. The summed E-state index contributed by atoms with van der Waals surface area (Å²) in [5.74, 6) is 0. The molecule has 0 radical (unpaired) electrons. The van der Waals surface area contributed by atoms with E-state index in [-0.39, 0.29) is 5.41 Å². The Labute approximate surface area is 346 Å². The predicted molar refractivity (Wildman–Crippen MR) is 246 cm³/mol. The summed E-state index contributed by atoms with van der Waals surface area (Å²) >= 11 is 0. The van der Waals surface area contributed by atoms with Gasteiger partial charge in [-0.2, -0.15) is 0 Å². The van der Waals surface area contributed by atoms with E-state index in [2.05, 4.69) is 231 Å². The molecule has 3 aliphatic carbocycles. The standard InChI is InChI=1S/C58H41N/c1-57(2)51-23-10-6-19-45(51)49-33-29-41(36-55(49)57)40-17-14-18-43(35-40)59(42-30-27-39(28-31-42)38-15-4-3-5-16-38)44-32-34-50-48-22-9-13-26-54(48)58(56(50)37-44)52-24-11-7-20-46(52)47-21-8-12-25-53(47)58/h3-37H,1-2H3. The molecular weight excluding hydrogens is 711 g/mol. The fraction of sp³-hybridized carbons (Fsp3) is 0.0690. The lowest BCUT2D eigenvalue weighted by molar-refractivity contribution is 0.660. The Morgan fingerprint density at radius 2 is 0.695 bits per heavy atom. The van der Waals surface area contributed by atoms with Crippen LogP contribution in [0.5, 0.6) is 0 Å². The molecule has 0 fully saturated rings. The largest absolute Gasteiger partial charge is 0.310 e. The lowest BCUT2D eigenvalue weighted by atomic mass is 9.70. The van der Waals surface area contributed by atoms with Crippen molar-refractivity contribution in [3.63, 3.8) is 0 Å². The van der Waals surface area contributed by atoms with E-state index in [0.29, 0.717) is 0 Å². The van der Waals surface area contributed by atoms with Crippen molar-refractivity contribution in [1.29, 1.82) is 0 Å². The number of anilines is 3. The van der Waals surface area contributed by atoms with Crippen LogP contribution in [0, 0.1) is 0 Å². The van der Waals surface area contributed by atoms with Crippen LogP contribution in [0.25, 0.3) is 55.6 Å². The van der Waals surface area contributed by atoms with Gasteiger partial charge in [0.25, 0.3) is 0 Å². The first-order valence-electron chi connectivity index (χ1n) is 20.8. The number of hydrogen-bond acceptors (Lipinski definition) is 1. The summed E-state index contributed by atoms with van der Waals surface area (Å²) < 4.78 is 0. The quantitative estimate of drug-likeness (QED) is 0.169. The topological polar surface area (TPSA) is 3.24 Å². The molecule has 1 heteroatoms. The van der Waals surface area contributed by atoms with Crippen molar-refractivity contribution in [3.8, 4) is 55.6 Å². The predicted octanol–water partition coefficient (Wildman–Crippen LogP) is 15.1. The molecule has 12 rings (SSSR count). The van der Waals surface area contributed by atoms with Crippen molar-refractivity contribution < 1.29 is 0 Å². The molecule has 0 aromatic heterocycles. The van der Waals surface area contributed by atoms with Gasteiger partial charge in [-0.15, -0.1) is 0 Å². The highest BCUT2D eigenvalue weighted by Crippen LogP contribution is 2.63. The minimum absolute atomic E-state index is 0.0679. The summed E-state index contributed by atoms with van der Waals surface area (Å²) in [6.07, 6.45) is 0. The Bertz CT molecular complexity index is 3070. The molecule has 1 spiro atoms. The van der Waals surface area contributed by atoms with Crippen LogP contribution < -0.4 is 4.90 Å². The van der Waals surface area contributed by atoms with Crippen molar-refractivity contribution in [2.75, 3.05) is 4.90 Å². The molecule has 0 heterocycles. The van der Waals surface area contributed by atoms with Gasteiger partial charge in [-0.25, -0.2) is 0 Å². The monoisotopic (exact) mass is 751 g/mol. The molecule has 0 unspecified atom stereocenters. The second-order valence-corrected chi connectivity index (χ2v) is 16.8. The summed E-state index contributed by atoms with van der Waals surface area (Å²) in [7, 11) is 0. The molecule has 0 bridgehead atoms. The van der Waals surface area contributed by atoms with Gasteiger partial charge in [0.1, 0.15) is 0 Å². The second kappa shape index (κ2) is 12.6. The maximum Gasteiger partial charge on any atom is 0.0726 e. The molecule has 0 saturated carbocycles. The number of benzene rings is 9. The summed E-state index contributed by atoms with van der Waals surface area (Å²) in [5, 5.41) is 0. The maximum atomic E-state index is 2.49. The molecular formula is C58H41N. The molecule has 3 aliphatic rings. The summed E-state index contributed by atoms with van der Waals surface area (Å²) in [6.45, 7) is 4.72. The average Bonchev–Trinajstić information content (AvgIpc) is 3.85. The van der Waals surface area contributed by atoms with E-state index in [1.165, 1.54) is 89.0 Å². The fourth-order valence-corrected chi connectivity index (χ4v) is 10.8. The first-order valence-corrected chi connectivity index (χ1v) is 20.8. The van der Waals surface area contributed by atoms with E-state index in [1.807, 2.05) is 0 Å². The Balaban J connectivity index is 1.05. The van der Waals surface area contributed by atoms with Gasteiger partial charge >= 0.3 is 0 Å². The van der Waals surface area contributed by atoms with E-state index in [9.17, 15) is 0 Å². The Morgan fingerprint density at radius 3 is 1.34 bits per heavy atom. The van der Waals surface area contributed by atoms with Crippen LogP contribution in [0.2, 0.25) is 0 Å². The lowest BCUT2D eigenvalue weighted by Gasteiger charge is -2.32. The van der Waals surface area contributed by atoms with E-state index in [0.717, 1.165) is 17.1 Å². The van der Waals surface area contributed by atoms with Gasteiger partial charge in [0.15, 0.2) is 0 Å². The van der Waals surface area contributed by atoms with E-state index in [1.54, 1.807) is 0 Å². The zero-order chi connectivity index (χ0) is 39.3. The highest BCUT2D eigenvalue weighted by atomic mass is 15.1. The number of hydrogen-bond donors (Lipinski definition) is 0. The number of fused-ring (bicyclic) bond motifs is 13. The van der Waals surface area contributed by atoms with Crippen molar-refractivity contribution >= 4 is 17.1 Å². The van der Waals surface area contributed by atoms with Gasteiger partial charge in [0, 0.05) is 22.5 Å². The third-order valence-electron chi connectivity index (χ3n) is 13.5. The fourth-order valence-electron chi connectivity index (χ4n) is 10.8. The van der Waals surface area contributed by atoms with Gasteiger partial charge in [-0.05, 0) is 131 Å². The zero-order valence-electron chi connectivity index (χ0n) is 33.2. The number of nitrogens with zero attached hydrogens (tertiary/aromatic N) is 1. The minimum atomic E-state index is -0.422. The first-order chi connectivity index (χ1) is 29.0. The zero-order valence-corrected chi connectivity index (χ0v) is 33.2. The molecule has 0 N–H and O–H groups in total. The molecule has 9 aromatic rings. The van der Waals surface area contributed by atoms with Crippen molar-refractivity contribution in [1.82, 2.24) is 0 Å². The third kappa shape index (κ3) is 4.79. The molecule has 9 aromatic carbocycles. The minimum Gasteiger partial charge on any atom is -0.310 e. The summed E-state index contributed by atoms with van der Waals surface area (Å²) in [6, 6.07) is 79.2. The van der Waals surface area contributed by atoms with E-state index >= 15 is 0 Å². The molecule has 0 atom stereocenters. The average molecular weight is 752 g/mol. The van der Waals surface area contributed by atoms with Crippen LogP contribution in [0.4, 0.5) is 17.1 Å². The van der Waals surface area contributed by atoms with Gasteiger partial charge in [-0.1, -0.05) is 184 Å². The van der Waals surface area contributed by atoms with Gasteiger partial charge in [0.2, 0.25) is 0 Å².